The molecule has 2 aromatic carbocycles. The molecule has 6 rings (SSSR count). The molecule has 1 saturated heterocycles. The number of urea groups is 1. The first-order valence-electron chi connectivity index (χ1n) is 13.4. The first kappa shape index (κ1) is 27.8. The Morgan fingerprint density at radius 3 is 2.74 bits per heavy atom. The van der Waals surface area contributed by atoms with E-state index in [1.807, 2.05) is 0 Å². The molecule has 0 radical (unpaired) electrons. The summed E-state index contributed by atoms with van der Waals surface area (Å²) in [6.07, 6.45) is -0.269. The molecule has 3 aliphatic rings. The number of nitrogens with zero attached hydrogens (tertiary/aromatic N) is 3. The number of anilines is 2. The second-order valence-corrected chi connectivity index (χ2v) is 11.4. The average molecular weight is 594 g/mol. The highest BCUT2D eigenvalue weighted by Crippen LogP contribution is 2.51. The number of halogens is 3. The fourth-order valence-corrected chi connectivity index (χ4v) is 7.02. The molecule has 12 heteroatoms. The summed E-state index contributed by atoms with van der Waals surface area (Å²) < 4.78 is 41.2. The van der Waals surface area contributed by atoms with E-state index in [4.69, 9.17) is 0 Å². The predicted octanol–water partition coefficient (Wildman–Crippen LogP) is 5.44. The Kier molecular flexibility index (Phi) is 7.17. The Labute approximate surface area is 244 Å². The second kappa shape index (κ2) is 10.8. The Bertz CT molecular complexity index is 1600. The summed E-state index contributed by atoms with van der Waals surface area (Å²) in [6, 6.07) is 12.0. The van der Waals surface area contributed by atoms with Crippen molar-refractivity contribution in [1.29, 1.82) is 0 Å². The van der Waals surface area contributed by atoms with E-state index < -0.39 is 29.1 Å². The summed E-state index contributed by atoms with van der Waals surface area (Å²) in [7, 11) is 0. The van der Waals surface area contributed by atoms with Gasteiger partial charge < -0.3 is 15.5 Å². The molecule has 1 aromatic heterocycles. The molecule has 3 aliphatic heterocycles. The molecule has 8 nitrogen and oxygen atoms in total. The molecule has 0 aliphatic carbocycles. The van der Waals surface area contributed by atoms with Crippen LogP contribution in [0, 0.1) is 0 Å². The second-order valence-electron chi connectivity index (χ2n) is 10.3. The van der Waals surface area contributed by atoms with E-state index in [2.05, 4.69) is 22.2 Å². The molecule has 3 aromatic rings. The van der Waals surface area contributed by atoms with E-state index in [1.165, 1.54) is 40.9 Å². The van der Waals surface area contributed by atoms with Gasteiger partial charge in [0.1, 0.15) is 10.3 Å². The van der Waals surface area contributed by atoms with Crippen LogP contribution in [0.15, 0.2) is 78.5 Å². The van der Waals surface area contributed by atoms with Crippen molar-refractivity contribution in [3.63, 3.8) is 0 Å². The van der Waals surface area contributed by atoms with E-state index in [1.54, 1.807) is 41.4 Å². The Balaban J connectivity index is 1.28. The van der Waals surface area contributed by atoms with Crippen LogP contribution in [-0.2, 0) is 15.8 Å². The fraction of sp³-hybridized carbons (Fsp3) is 0.267. The van der Waals surface area contributed by atoms with Gasteiger partial charge in [-0.3, -0.25) is 14.5 Å². The van der Waals surface area contributed by atoms with Gasteiger partial charge in [-0.05, 0) is 54.3 Å². The van der Waals surface area contributed by atoms with Gasteiger partial charge in [0.05, 0.1) is 23.0 Å². The summed E-state index contributed by atoms with van der Waals surface area (Å²) >= 11 is 1.25. The van der Waals surface area contributed by atoms with Gasteiger partial charge in [0.25, 0.3) is 0 Å². The van der Waals surface area contributed by atoms with Crippen LogP contribution in [-0.4, -0.2) is 52.1 Å². The van der Waals surface area contributed by atoms with Crippen LogP contribution in [0.5, 0.6) is 0 Å². The zero-order valence-electron chi connectivity index (χ0n) is 22.2. The lowest BCUT2D eigenvalue weighted by Gasteiger charge is -2.35. The minimum Gasteiger partial charge on any atom is -0.351 e. The molecule has 1 fully saturated rings. The maximum Gasteiger partial charge on any atom is 0.417 e. The number of aromatic nitrogens is 1. The number of piperidine rings is 1. The number of hydrogen-bond acceptors (Lipinski definition) is 5. The molecule has 3 atom stereocenters. The molecule has 2 unspecified atom stereocenters. The van der Waals surface area contributed by atoms with Crippen LogP contribution in [0.25, 0.3) is 11.1 Å². The zero-order valence-corrected chi connectivity index (χ0v) is 23.0. The maximum atomic E-state index is 13.7. The van der Waals surface area contributed by atoms with E-state index in [0.717, 1.165) is 18.9 Å². The minimum atomic E-state index is -4.54. The highest BCUT2D eigenvalue weighted by Gasteiger charge is 2.47. The molecule has 216 valence electrons. The number of alkyl halides is 3. The summed E-state index contributed by atoms with van der Waals surface area (Å²) in [5.74, 6) is -0.456. The monoisotopic (exact) mass is 593 g/mol. The van der Waals surface area contributed by atoms with E-state index in [0.29, 0.717) is 40.6 Å². The molecule has 2 N–H and O–H groups in total. The van der Waals surface area contributed by atoms with Crippen molar-refractivity contribution in [3.05, 3.63) is 84.6 Å². The number of likely N-dealkylation sites (tertiary alicyclic amines) is 1. The largest absolute Gasteiger partial charge is 0.417 e. The van der Waals surface area contributed by atoms with Crippen LogP contribution < -0.4 is 15.5 Å². The van der Waals surface area contributed by atoms with Crippen molar-refractivity contribution in [2.75, 3.05) is 18.0 Å². The molecule has 0 bridgehead atoms. The number of nitrogens with one attached hydrogen (secondary N) is 2. The fourth-order valence-electron chi connectivity index (χ4n) is 5.78. The Morgan fingerprint density at radius 1 is 1.14 bits per heavy atom. The quantitative estimate of drug-likeness (QED) is 0.385. The lowest BCUT2D eigenvalue weighted by Crippen LogP contribution is -2.53. The molecule has 0 spiro atoms. The number of hydrogen-bond donors (Lipinski definition) is 2. The van der Waals surface area contributed by atoms with Gasteiger partial charge in [0, 0.05) is 30.9 Å². The van der Waals surface area contributed by atoms with Crippen LogP contribution >= 0.6 is 11.8 Å². The predicted molar refractivity (Wildman–Crippen MR) is 152 cm³/mol. The minimum absolute atomic E-state index is 0.00506. The third-order valence-electron chi connectivity index (χ3n) is 7.67. The molecule has 42 heavy (non-hydrogen) atoms. The Hall–Kier alpha value is -4.32. The summed E-state index contributed by atoms with van der Waals surface area (Å²) in [4.78, 5) is 46.6. The van der Waals surface area contributed by atoms with Gasteiger partial charge in [0.2, 0.25) is 11.8 Å². The molecule has 0 saturated carbocycles. The van der Waals surface area contributed by atoms with Crippen LogP contribution in [0.3, 0.4) is 0 Å². The van der Waals surface area contributed by atoms with E-state index in [-0.39, 0.29) is 23.4 Å². The highest BCUT2D eigenvalue weighted by atomic mass is 32.2. The van der Waals surface area contributed by atoms with Crippen molar-refractivity contribution in [1.82, 2.24) is 20.5 Å². The number of carbonyl (C=O) groups excluding carboxylic acids is 3. The number of pyridine rings is 1. The van der Waals surface area contributed by atoms with Crippen molar-refractivity contribution in [3.8, 4) is 11.1 Å². The zero-order chi connectivity index (χ0) is 29.6. The molecular weight excluding hydrogens is 567 g/mol. The normalized spacial score (nSPS) is 21.4. The van der Waals surface area contributed by atoms with Crippen LogP contribution in [0.2, 0.25) is 0 Å². The maximum absolute atomic E-state index is 13.7. The van der Waals surface area contributed by atoms with Gasteiger partial charge in [-0.15, -0.1) is 0 Å². The first-order chi connectivity index (χ1) is 20.2. The van der Waals surface area contributed by atoms with Crippen molar-refractivity contribution in [2.24, 2.45) is 0 Å². The lowest BCUT2D eigenvalue weighted by molar-refractivity contribution is -0.137. The van der Waals surface area contributed by atoms with Gasteiger partial charge in [0.15, 0.2) is 0 Å². The number of benzene rings is 2. The SMILES string of the molecule is C=CC(=O)N1CCCC(NC(=O)[C@@H]2Sc3nccc4c3C2NC(=O)N4c2cccc(-c3ccccc3C(F)(F)F)c2)C1. The lowest BCUT2D eigenvalue weighted by atomic mass is 9.97. The van der Waals surface area contributed by atoms with E-state index >= 15 is 0 Å². The number of amides is 4. The average Bonchev–Trinajstić information content (AvgIpc) is 3.36. The van der Waals surface area contributed by atoms with Gasteiger partial charge >= 0.3 is 12.2 Å². The van der Waals surface area contributed by atoms with Crippen molar-refractivity contribution >= 4 is 41.0 Å². The summed E-state index contributed by atoms with van der Waals surface area (Å²) in [6.45, 7) is 4.51. The highest BCUT2D eigenvalue weighted by molar-refractivity contribution is 8.01. The number of carbonyl (C=O) groups is 3. The van der Waals surface area contributed by atoms with Gasteiger partial charge in [-0.1, -0.05) is 48.7 Å². The van der Waals surface area contributed by atoms with Crippen LogP contribution in [0.1, 0.15) is 30.0 Å². The molecule has 4 heterocycles. The summed E-state index contributed by atoms with van der Waals surface area (Å²) in [5, 5.41) is 5.88. The molecule has 4 amide bonds. The molecular formula is C30H26F3N5O3S. The third-order valence-corrected chi connectivity index (χ3v) is 8.95. The first-order valence-corrected chi connectivity index (χ1v) is 14.3. The van der Waals surface area contributed by atoms with Crippen molar-refractivity contribution in [2.45, 2.75) is 41.4 Å². The van der Waals surface area contributed by atoms with Crippen molar-refractivity contribution < 1.29 is 27.6 Å². The smallest absolute Gasteiger partial charge is 0.351 e. The number of thioether (sulfide) groups is 1. The topological polar surface area (TPSA) is 94.6 Å². The number of rotatable bonds is 5. The Morgan fingerprint density at radius 2 is 1.95 bits per heavy atom. The van der Waals surface area contributed by atoms with Gasteiger partial charge in [-0.2, -0.15) is 13.2 Å². The van der Waals surface area contributed by atoms with Gasteiger partial charge in [-0.25, -0.2) is 9.78 Å². The standard InChI is InChI=1S/C30H26F3N5O3S/c1-2-23(39)37-14-6-8-18(16-37)35-27(40)26-25-24-22(12-13-34-28(24)42-26)38(29(41)36-25)19-9-5-7-17(15-19)20-10-3-4-11-21(20)30(31,32)33/h2-5,7,9-13,15,18,25-26H,1,6,8,14,16H2,(H,35,40)(H,36,41)/t18?,25?,26-/m1/s1. The van der Waals surface area contributed by atoms with Crippen LogP contribution in [0.4, 0.5) is 29.3 Å². The third kappa shape index (κ3) is 5.00. The summed E-state index contributed by atoms with van der Waals surface area (Å²) in [5.41, 5.74) is 1.11. The van der Waals surface area contributed by atoms with E-state index in [9.17, 15) is 27.6 Å².